The highest BCUT2D eigenvalue weighted by Crippen LogP contribution is 2.33. The van der Waals surface area contributed by atoms with Crippen LogP contribution >= 0.6 is 0 Å². The van der Waals surface area contributed by atoms with Crippen LogP contribution in [0.2, 0.25) is 0 Å². The fourth-order valence-electron chi connectivity index (χ4n) is 2.79. The smallest absolute Gasteiger partial charge is 0.342 e. The van der Waals surface area contributed by atoms with Gasteiger partial charge in [0.2, 0.25) is 0 Å². The molecule has 104 valence electrons. The SMILES string of the molecule is CCC1CCCC(n2cc(C(=O)O)c(=O)[nH]c2=O)C1. The van der Waals surface area contributed by atoms with Crippen LogP contribution in [0.3, 0.4) is 0 Å². The van der Waals surface area contributed by atoms with Crippen molar-refractivity contribution in [2.24, 2.45) is 5.92 Å². The van der Waals surface area contributed by atoms with Crippen molar-refractivity contribution < 1.29 is 9.90 Å². The molecule has 0 radical (unpaired) electrons. The lowest BCUT2D eigenvalue weighted by Gasteiger charge is -2.29. The Bertz CT molecular complexity index is 587. The number of H-pyrrole nitrogens is 1. The zero-order valence-corrected chi connectivity index (χ0v) is 10.9. The molecule has 1 fully saturated rings. The van der Waals surface area contributed by atoms with E-state index in [0.29, 0.717) is 5.92 Å². The summed E-state index contributed by atoms with van der Waals surface area (Å²) in [5.74, 6) is -0.747. The van der Waals surface area contributed by atoms with E-state index in [4.69, 9.17) is 5.11 Å². The molecule has 0 saturated heterocycles. The molecule has 1 saturated carbocycles. The molecule has 2 unspecified atom stereocenters. The van der Waals surface area contributed by atoms with Gasteiger partial charge in [-0.05, 0) is 18.8 Å². The van der Waals surface area contributed by atoms with Crippen molar-refractivity contribution in [2.45, 2.75) is 45.1 Å². The van der Waals surface area contributed by atoms with Gasteiger partial charge < -0.3 is 5.11 Å². The number of aromatic nitrogens is 2. The topological polar surface area (TPSA) is 92.2 Å². The largest absolute Gasteiger partial charge is 0.477 e. The normalized spacial score (nSPS) is 23.2. The van der Waals surface area contributed by atoms with E-state index in [2.05, 4.69) is 11.9 Å². The second-order valence-corrected chi connectivity index (χ2v) is 5.11. The molecule has 2 atom stereocenters. The zero-order valence-electron chi connectivity index (χ0n) is 10.9. The number of carboxylic acid groups (broad SMARTS) is 1. The number of nitrogens with one attached hydrogen (secondary N) is 1. The average molecular weight is 266 g/mol. The van der Waals surface area contributed by atoms with Crippen LogP contribution in [0.25, 0.3) is 0 Å². The minimum absolute atomic E-state index is 0.0128. The van der Waals surface area contributed by atoms with Crippen molar-refractivity contribution in [3.63, 3.8) is 0 Å². The summed E-state index contributed by atoms with van der Waals surface area (Å²) in [5.41, 5.74) is -1.73. The van der Waals surface area contributed by atoms with Crippen molar-refractivity contribution in [3.05, 3.63) is 32.6 Å². The average Bonchev–Trinajstić information content (AvgIpc) is 2.38. The van der Waals surface area contributed by atoms with Crippen molar-refractivity contribution in [1.29, 1.82) is 0 Å². The number of aromatic amines is 1. The predicted octanol–water partition coefficient (Wildman–Crippen LogP) is 1.38. The fourth-order valence-corrected chi connectivity index (χ4v) is 2.79. The summed E-state index contributed by atoms with van der Waals surface area (Å²) >= 11 is 0. The first-order chi connectivity index (χ1) is 9.02. The number of hydrogen-bond donors (Lipinski definition) is 2. The molecule has 1 aromatic heterocycles. The lowest BCUT2D eigenvalue weighted by molar-refractivity contribution is 0.0693. The van der Waals surface area contributed by atoms with Gasteiger partial charge in [0, 0.05) is 12.2 Å². The van der Waals surface area contributed by atoms with Gasteiger partial charge in [-0.1, -0.05) is 26.2 Å². The number of carbonyl (C=O) groups is 1. The van der Waals surface area contributed by atoms with E-state index in [1.807, 2.05) is 0 Å². The van der Waals surface area contributed by atoms with Crippen LogP contribution in [0.1, 0.15) is 55.4 Å². The summed E-state index contributed by atoms with van der Waals surface area (Å²) in [6, 6.07) is -0.0128. The maximum atomic E-state index is 11.8. The second kappa shape index (κ2) is 5.42. The van der Waals surface area contributed by atoms with Crippen molar-refractivity contribution in [1.82, 2.24) is 9.55 Å². The first kappa shape index (κ1) is 13.6. The van der Waals surface area contributed by atoms with E-state index < -0.39 is 17.2 Å². The first-order valence-electron chi connectivity index (χ1n) is 6.61. The molecule has 0 aliphatic heterocycles. The third-order valence-electron chi connectivity index (χ3n) is 3.92. The van der Waals surface area contributed by atoms with Crippen LogP contribution < -0.4 is 11.2 Å². The summed E-state index contributed by atoms with van der Waals surface area (Å²) < 4.78 is 1.38. The molecule has 1 aliphatic carbocycles. The van der Waals surface area contributed by atoms with Gasteiger partial charge in [0.1, 0.15) is 5.56 Å². The molecule has 6 heteroatoms. The van der Waals surface area contributed by atoms with Crippen molar-refractivity contribution in [3.8, 4) is 0 Å². The molecule has 0 aromatic carbocycles. The maximum Gasteiger partial charge on any atom is 0.342 e. The lowest BCUT2D eigenvalue weighted by Crippen LogP contribution is -2.36. The number of carboxylic acids is 1. The van der Waals surface area contributed by atoms with E-state index in [1.54, 1.807) is 0 Å². The fraction of sp³-hybridized carbons (Fsp3) is 0.615. The third-order valence-corrected chi connectivity index (χ3v) is 3.92. The van der Waals surface area contributed by atoms with Gasteiger partial charge in [-0.25, -0.2) is 9.59 Å². The summed E-state index contributed by atoms with van der Waals surface area (Å²) in [5, 5.41) is 8.94. The number of nitrogens with zero attached hydrogens (tertiary/aromatic N) is 1. The van der Waals surface area contributed by atoms with E-state index in [0.717, 1.165) is 32.1 Å². The molecule has 6 nitrogen and oxygen atoms in total. The van der Waals surface area contributed by atoms with Gasteiger partial charge in [-0.2, -0.15) is 0 Å². The minimum atomic E-state index is -1.31. The van der Waals surface area contributed by atoms with Crippen LogP contribution in [0.15, 0.2) is 15.8 Å². The van der Waals surface area contributed by atoms with Crippen LogP contribution in [0.5, 0.6) is 0 Å². The highest BCUT2D eigenvalue weighted by molar-refractivity contribution is 5.86. The first-order valence-corrected chi connectivity index (χ1v) is 6.61. The van der Waals surface area contributed by atoms with Gasteiger partial charge in [-0.3, -0.25) is 14.3 Å². The van der Waals surface area contributed by atoms with Crippen LogP contribution in [-0.4, -0.2) is 20.6 Å². The Labute approximate surface area is 110 Å². The van der Waals surface area contributed by atoms with E-state index in [-0.39, 0.29) is 11.6 Å². The second-order valence-electron chi connectivity index (χ2n) is 5.11. The summed E-state index contributed by atoms with van der Waals surface area (Å²) in [7, 11) is 0. The highest BCUT2D eigenvalue weighted by Gasteiger charge is 2.24. The predicted molar refractivity (Wildman–Crippen MR) is 69.6 cm³/mol. The molecule has 0 spiro atoms. The summed E-state index contributed by atoms with van der Waals surface area (Å²) in [6.07, 6.45) is 6.13. The summed E-state index contributed by atoms with van der Waals surface area (Å²) in [6.45, 7) is 2.12. The lowest BCUT2D eigenvalue weighted by atomic mass is 9.84. The van der Waals surface area contributed by atoms with Crippen molar-refractivity contribution in [2.75, 3.05) is 0 Å². The Morgan fingerprint density at radius 3 is 2.84 bits per heavy atom. The van der Waals surface area contributed by atoms with Gasteiger partial charge in [0.15, 0.2) is 0 Å². The number of hydrogen-bond acceptors (Lipinski definition) is 3. The van der Waals surface area contributed by atoms with Crippen LogP contribution in [-0.2, 0) is 0 Å². The van der Waals surface area contributed by atoms with E-state index in [9.17, 15) is 14.4 Å². The maximum absolute atomic E-state index is 11.8. The molecule has 0 bridgehead atoms. The van der Waals surface area contributed by atoms with Gasteiger partial charge in [0.25, 0.3) is 5.56 Å². The molecule has 2 N–H and O–H groups in total. The molecule has 2 rings (SSSR count). The highest BCUT2D eigenvalue weighted by atomic mass is 16.4. The van der Waals surface area contributed by atoms with E-state index in [1.165, 1.54) is 10.8 Å². The monoisotopic (exact) mass is 266 g/mol. The Morgan fingerprint density at radius 1 is 1.47 bits per heavy atom. The number of aromatic carboxylic acids is 1. The zero-order chi connectivity index (χ0) is 14.0. The Hall–Kier alpha value is -1.85. The summed E-state index contributed by atoms with van der Waals surface area (Å²) in [4.78, 5) is 36.3. The molecule has 1 heterocycles. The molecule has 1 aromatic rings. The Morgan fingerprint density at radius 2 is 2.21 bits per heavy atom. The molecule has 1 aliphatic rings. The number of rotatable bonds is 3. The standard InChI is InChI=1S/C13H18N2O4/c1-2-8-4-3-5-9(6-8)15-7-10(12(17)18)11(16)14-13(15)19/h7-9H,2-6H2,1H3,(H,17,18)(H,14,16,19). The van der Waals surface area contributed by atoms with Gasteiger partial charge in [0.05, 0.1) is 0 Å². The van der Waals surface area contributed by atoms with Gasteiger partial charge in [-0.15, -0.1) is 0 Å². The molecular formula is C13H18N2O4. The quantitative estimate of drug-likeness (QED) is 0.864. The Balaban J connectivity index is 2.39. The minimum Gasteiger partial charge on any atom is -0.477 e. The Kier molecular flexibility index (Phi) is 3.87. The molecule has 19 heavy (non-hydrogen) atoms. The van der Waals surface area contributed by atoms with E-state index >= 15 is 0 Å². The van der Waals surface area contributed by atoms with Crippen LogP contribution in [0.4, 0.5) is 0 Å². The molecular weight excluding hydrogens is 248 g/mol. The third kappa shape index (κ3) is 2.77. The molecule has 0 amide bonds. The van der Waals surface area contributed by atoms with Crippen molar-refractivity contribution >= 4 is 5.97 Å². The van der Waals surface area contributed by atoms with Gasteiger partial charge >= 0.3 is 11.7 Å². The van der Waals surface area contributed by atoms with Crippen LogP contribution in [0, 0.1) is 5.92 Å².